The first-order valence-corrected chi connectivity index (χ1v) is 11.9. The Hall–Kier alpha value is -3.42. The molecule has 0 saturated carbocycles. The van der Waals surface area contributed by atoms with Gasteiger partial charge in [-0.2, -0.15) is 0 Å². The molecule has 0 spiro atoms. The van der Waals surface area contributed by atoms with Crippen LogP contribution in [0.5, 0.6) is 0 Å². The molecule has 172 valence electrons. The van der Waals surface area contributed by atoms with E-state index in [0.29, 0.717) is 18.2 Å². The number of amides is 1. The van der Waals surface area contributed by atoms with Crippen LogP contribution in [0.25, 0.3) is 5.65 Å². The first-order valence-electron chi connectivity index (χ1n) is 11.9. The third-order valence-electron chi connectivity index (χ3n) is 6.70. The molecule has 1 fully saturated rings. The van der Waals surface area contributed by atoms with Crippen molar-refractivity contribution in [3.8, 4) is 0 Å². The second-order valence-electron chi connectivity index (χ2n) is 8.76. The summed E-state index contributed by atoms with van der Waals surface area (Å²) in [5.41, 5.74) is 3.44. The van der Waals surface area contributed by atoms with Crippen molar-refractivity contribution in [1.82, 2.24) is 24.8 Å². The van der Waals surface area contributed by atoms with E-state index >= 15 is 0 Å². The zero-order valence-corrected chi connectivity index (χ0v) is 19.2. The van der Waals surface area contributed by atoms with E-state index < -0.39 is 0 Å². The molecule has 0 bridgehead atoms. The number of hydrogen-bond donors (Lipinski definition) is 1. The number of nitrogens with one attached hydrogen (secondary N) is 1. The number of aromatic nitrogens is 3. The van der Waals surface area contributed by atoms with Crippen molar-refractivity contribution in [2.24, 2.45) is 4.99 Å². The summed E-state index contributed by atoms with van der Waals surface area (Å²) in [5, 5.41) is 12.1. The summed E-state index contributed by atoms with van der Waals surface area (Å²) in [7, 11) is 1.84. The van der Waals surface area contributed by atoms with Crippen LogP contribution in [-0.2, 0) is 11.2 Å². The predicted octanol–water partition coefficient (Wildman–Crippen LogP) is 2.85. The van der Waals surface area contributed by atoms with Gasteiger partial charge in [0, 0.05) is 63.9 Å². The zero-order chi connectivity index (χ0) is 22.6. The number of para-hydroxylation sites is 1. The summed E-state index contributed by atoms with van der Waals surface area (Å²) < 4.78 is 2.04. The molecule has 8 heteroatoms. The van der Waals surface area contributed by atoms with E-state index in [4.69, 9.17) is 0 Å². The molecule has 0 aliphatic carbocycles. The minimum absolute atomic E-state index is 0.302. The maximum Gasteiger partial charge on any atom is 0.222 e. The highest BCUT2D eigenvalue weighted by atomic mass is 16.2. The summed E-state index contributed by atoms with van der Waals surface area (Å²) in [6, 6.07) is 14.5. The van der Waals surface area contributed by atoms with Gasteiger partial charge in [0.25, 0.3) is 0 Å². The number of rotatable bonds is 7. The zero-order valence-electron chi connectivity index (χ0n) is 19.2. The Balaban J connectivity index is 1.19. The van der Waals surface area contributed by atoms with Gasteiger partial charge >= 0.3 is 0 Å². The molecule has 3 aromatic rings. The molecular formula is C25H31N7O. The highest BCUT2D eigenvalue weighted by Gasteiger charge is 2.32. The predicted molar refractivity (Wildman–Crippen MR) is 130 cm³/mol. The van der Waals surface area contributed by atoms with E-state index in [1.165, 1.54) is 11.3 Å². The van der Waals surface area contributed by atoms with Gasteiger partial charge in [0.2, 0.25) is 5.91 Å². The van der Waals surface area contributed by atoms with E-state index in [-0.39, 0.29) is 0 Å². The smallest absolute Gasteiger partial charge is 0.222 e. The first-order chi connectivity index (χ1) is 16.2. The summed E-state index contributed by atoms with van der Waals surface area (Å²) >= 11 is 0. The lowest BCUT2D eigenvalue weighted by molar-refractivity contribution is -0.127. The molecule has 2 aliphatic rings. The van der Waals surface area contributed by atoms with Crippen LogP contribution in [0.4, 0.5) is 5.69 Å². The SMILES string of the molecule is CN=C(NCCCc1nnc2ccccn12)N1CC(CCN2CCCC2=O)c2ccccc21. The first kappa shape index (κ1) is 21.4. The summed E-state index contributed by atoms with van der Waals surface area (Å²) in [4.78, 5) is 20.9. The Bertz CT molecular complexity index is 1150. The van der Waals surface area contributed by atoms with Gasteiger partial charge in [-0.05, 0) is 43.0 Å². The Labute approximate surface area is 194 Å². The fourth-order valence-corrected chi connectivity index (χ4v) is 5.00. The number of guanidine groups is 1. The summed E-state index contributed by atoms with van der Waals surface area (Å²) in [6.45, 7) is 3.43. The van der Waals surface area contributed by atoms with Crippen LogP contribution >= 0.6 is 0 Å². The fraction of sp³-hybridized carbons (Fsp3) is 0.440. The van der Waals surface area contributed by atoms with Gasteiger partial charge in [-0.25, -0.2) is 0 Å². The second-order valence-corrected chi connectivity index (χ2v) is 8.76. The Morgan fingerprint density at radius 2 is 2.06 bits per heavy atom. The van der Waals surface area contributed by atoms with Crippen LogP contribution in [0.3, 0.4) is 0 Å². The average molecular weight is 446 g/mol. The largest absolute Gasteiger partial charge is 0.356 e. The topological polar surface area (TPSA) is 78.1 Å². The number of nitrogens with zero attached hydrogens (tertiary/aromatic N) is 6. The van der Waals surface area contributed by atoms with E-state index in [2.05, 4.69) is 49.7 Å². The Morgan fingerprint density at radius 3 is 2.91 bits per heavy atom. The van der Waals surface area contributed by atoms with Crippen LogP contribution in [-0.4, -0.2) is 64.6 Å². The molecule has 1 unspecified atom stereocenters. The summed E-state index contributed by atoms with van der Waals surface area (Å²) in [5.74, 6) is 2.57. The van der Waals surface area contributed by atoms with Gasteiger partial charge in [0.15, 0.2) is 11.6 Å². The van der Waals surface area contributed by atoms with Gasteiger partial charge in [0.1, 0.15) is 5.82 Å². The lowest BCUT2D eigenvalue weighted by Crippen LogP contribution is -2.41. The third kappa shape index (κ3) is 4.42. The van der Waals surface area contributed by atoms with Crippen molar-refractivity contribution in [3.05, 3.63) is 60.0 Å². The monoisotopic (exact) mass is 445 g/mol. The van der Waals surface area contributed by atoms with Gasteiger partial charge in [-0.15, -0.1) is 10.2 Å². The molecule has 2 aliphatic heterocycles. The average Bonchev–Trinajstić information content (AvgIpc) is 3.55. The highest BCUT2D eigenvalue weighted by Crippen LogP contribution is 2.38. The lowest BCUT2D eigenvalue weighted by atomic mass is 9.98. The van der Waals surface area contributed by atoms with E-state index in [0.717, 1.165) is 69.3 Å². The van der Waals surface area contributed by atoms with Crippen molar-refractivity contribution in [3.63, 3.8) is 0 Å². The summed E-state index contributed by atoms with van der Waals surface area (Å²) in [6.07, 6.45) is 6.47. The molecule has 4 heterocycles. The maximum atomic E-state index is 12.0. The molecule has 1 atom stereocenters. The quantitative estimate of drug-likeness (QED) is 0.344. The number of likely N-dealkylation sites (tertiary alicyclic amines) is 1. The number of hydrogen-bond acceptors (Lipinski definition) is 4. The second kappa shape index (κ2) is 9.60. The van der Waals surface area contributed by atoms with Crippen LogP contribution in [0, 0.1) is 0 Å². The normalized spacial score (nSPS) is 18.4. The van der Waals surface area contributed by atoms with E-state index in [1.54, 1.807) is 0 Å². The number of fused-ring (bicyclic) bond motifs is 2. The molecular weight excluding hydrogens is 414 g/mol. The molecule has 1 N–H and O–H groups in total. The minimum atomic E-state index is 0.302. The van der Waals surface area contributed by atoms with Crippen LogP contribution < -0.4 is 10.2 Å². The molecule has 0 radical (unpaired) electrons. The van der Waals surface area contributed by atoms with Gasteiger partial charge < -0.3 is 15.1 Å². The van der Waals surface area contributed by atoms with E-state index in [1.807, 2.05) is 40.7 Å². The standard InChI is InChI=1S/C25H31N7O/c1-26-25(27-14-6-11-23-29-28-22-10-4-5-16-31(22)23)32-18-19(20-8-2-3-9-21(20)32)13-17-30-15-7-12-24(30)33/h2-5,8-10,16,19H,6-7,11-15,17-18H2,1H3,(H,26,27). The van der Waals surface area contributed by atoms with Gasteiger partial charge in [0.05, 0.1) is 0 Å². The number of pyridine rings is 1. The van der Waals surface area contributed by atoms with Crippen molar-refractivity contribution in [2.75, 3.05) is 38.1 Å². The molecule has 5 rings (SSSR count). The van der Waals surface area contributed by atoms with Crippen molar-refractivity contribution in [2.45, 2.75) is 38.0 Å². The van der Waals surface area contributed by atoms with Crippen LogP contribution in [0.15, 0.2) is 53.7 Å². The molecule has 33 heavy (non-hydrogen) atoms. The number of anilines is 1. The molecule has 1 amide bonds. The van der Waals surface area contributed by atoms with Crippen LogP contribution in [0.1, 0.15) is 43.0 Å². The van der Waals surface area contributed by atoms with Crippen molar-refractivity contribution < 1.29 is 4.79 Å². The van der Waals surface area contributed by atoms with E-state index in [9.17, 15) is 4.79 Å². The van der Waals surface area contributed by atoms with Crippen LogP contribution in [0.2, 0.25) is 0 Å². The van der Waals surface area contributed by atoms with Crippen molar-refractivity contribution >= 4 is 23.2 Å². The van der Waals surface area contributed by atoms with Crippen molar-refractivity contribution in [1.29, 1.82) is 0 Å². The molecule has 1 saturated heterocycles. The number of carbonyl (C=O) groups excluding carboxylic acids is 1. The number of benzene rings is 1. The third-order valence-corrected chi connectivity index (χ3v) is 6.70. The number of carbonyl (C=O) groups is 1. The number of aliphatic imine (C=N–C) groups is 1. The molecule has 2 aromatic heterocycles. The minimum Gasteiger partial charge on any atom is -0.356 e. The number of aryl methyl sites for hydroxylation is 1. The molecule has 1 aromatic carbocycles. The van der Waals surface area contributed by atoms with Gasteiger partial charge in [-0.1, -0.05) is 24.3 Å². The Kier molecular flexibility index (Phi) is 6.24. The lowest BCUT2D eigenvalue weighted by Gasteiger charge is -2.23. The Morgan fingerprint density at radius 1 is 1.18 bits per heavy atom. The molecule has 8 nitrogen and oxygen atoms in total. The maximum absolute atomic E-state index is 12.0. The fourth-order valence-electron chi connectivity index (χ4n) is 5.00. The van der Waals surface area contributed by atoms with Gasteiger partial charge in [-0.3, -0.25) is 14.2 Å². The highest BCUT2D eigenvalue weighted by molar-refractivity contribution is 5.98.